The van der Waals surface area contributed by atoms with Crippen LogP contribution in [-0.4, -0.2) is 104 Å². The van der Waals surface area contributed by atoms with Gasteiger partial charge in [0.15, 0.2) is 0 Å². The van der Waals surface area contributed by atoms with E-state index in [1.54, 1.807) is 18.2 Å². The fourth-order valence-corrected chi connectivity index (χ4v) is 4.19. The zero-order valence-electron chi connectivity index (χ0n) is 24.9. The van der Waals surface area contributed by atoms with E-state index in [-0.39, 0.29) is 24.5 Å². The molecule has 0 spiro atoms. The summed E-state index contributed by atoms with van der Waals surface area (Å²) in [7, 11) is 0. The minimum Gasteiger partial charge on any atom is -0.460 e. The molecule has 0 amide bonds. The Hall–Kier alpha value is -2.78. The zero-order valence-corrected chi connectivity index (χ0v) is 24.9. The van der Waals surface area contributed by atoms with Gasteiger partial charge >= 0.3 is 12.1 Å². The zero-order chi connectivity index (χ0) is 31.3. The summed E-state index contributed by atoms with van der Waals surface area (Å²) < 4.78 is 77.4. The van der Waals surface area contributed by atoms with E-state index in [4.69, 9.17) is 33.2 Å². The number of carbonyl (C=O) groups excluding carboxylic acids is 1. The summed E-state index contributed by atoms with van der Waals surface area (Å²) in [5.74, 6) is -0.619. The molecule has 1 heterocycles. The smallest absolute Gasteiger partial charge is 0.416 e. The number of ether oxygens (including phenoxy) is 7. The van der Waals surface area contributed by atoms with Gasteiger partial charge in [0.25, 0.3) is 0 Å². The molecule has 0 bridgehead atoms. The molecule has 13 heteroatoms. The second kappa shape index (κ2) is 21.0. The van der Waals surface area contributed by atoms with Crippen molar-refractivity contribution < 1.29 is 51.1 Å². The molecule has 0 saturated carbocycles. The Bertz CT molecular complexity index is 1070. The van der Waals surface area contributed by atoms with Crippen molar-refractivity contribution in [2.75, 3.05) is 97.7 Å². The molecule has 1 aliphatic rings. The van der Waals surface area contributed by atoms with Gasteiger partial charge < -0.3 is 43.8 Å². The van der Waals surface area contributed by atoms with Crippen molar-refractivity contribution in [2.45, 2.75) is 25.1 Å². The summed E-state index contributed by atoms with van der Waals surface area (Å²) in [6, 6.07) is 11.2. The molecule has 2 aromatic carbocycles. The Labute approximate surface area is 256 Å². The van der Waals surface area contributed by atoms with Crippen LogP contribution in [0.25, 0.3) is 0 Å². The first-order valence-corrected chi connectivity index (χ1v) is 14.8. The summed E-state index contributed by atoms with van der Waals surface area (Å²) in [6.45, 7) is 6.86. The number of para-hydroxylation sites is 1. The van der Waals surface area contributed by atoms with Crippen LogP contribution in [0, 0.1) is 0 Å². The minimum atomic E-state index is -4.47. The van der Waals surface area contributed by atoms with Gasteiger partial charge in [-0.15, -0.1) is 0 Å². The van der Waals surface area contributed by atoms with Gasteiger partial charge in [0.05, 0.1) is 95.6 Å². The first kappa shape index (κ1) is 35.7. The number of halogens is 3. The van der Waals surface area contributed by atoms with Gasteiger partial charge in [-0.1, -0.05) is 18.2 Å². The molecule has 3 rings (SSSR count). The van der Waals surface area contributed by atoms with E-state index in [2.05, 4.69) is 10.6 Å². The van der Waals surface area contributed by atoms with Gasteiger partial charge in [-0.25, -0.2) is 4.79 Å². The normalized spacial score (nSPS) is 14.1. The summed E-state index contributed by atoms with van der Waals surface area (Å²) in [6.07, 6.45) is -2.02. The lowest BCUT2D eigenvalue weighted by Crippen LogP contribution is -2.33. The van der Waals surface area contributed by atoms with Crippen molar-refractivity contribution in [3.63, 3.8) is 0 Å². The molecule has 1 saturated heterocycles. The summed E-state index contributed by atoms with van der Waals surface area (Å²) >= 11 is 0. The van der Waals surface area contributed by atoms with Crippen LogP contribution in [0.4, 0.5) is 24.5 Å². The van der Waals surface area contributed by atoms with Gasteiger partial charge in [-0.3, -0.25) is 0 Å². The number of piperidine rings is 1. The maximum atomic E-state index is 13.0. The van der Waals surface area contributed by atoms with Crippen LogP contribution < -0.4 is 10.6 Å². The molecule has 0 aromatic heterocycles. The number of esters is 1. The van der Waals surface area contributed by atoms with Crippen LogP contribution in [-0.2, 0) is 39.3 Å². The molecule has 246 valence electrons. The highest BCUT2D eigenvalue weighted by Crippen LogP contribution is 2.32. The topological polar surface area (TPSA) is 106 Å². The number of nitrogens with one attached hydrogen (secondary N) is 2. The van der Waals surface area contributed by atoms with Crippen molar-refractivity contribution in [2.24, 2.45) is 0 Å². The van der Waals surface area contributed by atoms with Crippen LogP contribution in [0.1, 0.15) is 28.8 Å². The van der Waals surface area contributed by atoms with Gasteiger partial charge in [0.2, 0.25) is 0 Å². The lowest BCUT2D eigenvalue weighted by molar-refractivity contribution is -0.137. The highest BCUT2D eigenvalue weighted by atomic mass is 19.4. The third kappa shape index (κ3) is 14.8. The van der Waals surface area contributed by atoms with Gasteiger partial charge in [0, 0.05) is 5.69 Å². The molecular weight excluding hydrogens is 585 g/mol. The quantitative estimate of drug-likeness (QED) is 0.144. The van der Waals surface area contributed by atoms with Crippen LogP contribution in [0.2, 0.25) is 0 Å². The van der Waals surface area contributed by atoms with Crippen LogP contribution in [0.3, 0.4) is 0 Å². The Morgan fingerprint density at radius 3 is 1.86 bits per heavy atom. The number of rotatable bonds is 22. The van der Waals surface area contributed by atoms with E-state index in [1.165, 1.54) is 18.2 Å². The Kier molecular flexibility index (Phi) is 17.1. The molecule has 0 radical (unpaired) electrons. The number of anilines is 2. The molecular formula is C31H43F3N2O8. The second-order valence-corrected chi connectivity index (χ2v) is 9.77. The maximum Gasteiger partial charge on any atom is 0.416 e. The van der Waals surface area contributed by atoms with Gasteiger partial charge in [0.1, 0.15) is 6.61 Å². The first-order valence-electron chi connectivity index (χ1n) is 14.8. The van der Waals surface area contributed by atoms with Crippen LogP contribution in [0.5, 0.6) is 0 Å². The number of hydrogen-bond donors (Lipinski definition) is 2. The van der Waals surface area contributed by atoms with Gasteiger partial charge in [-0.05, 0) is 56.3 Å². The van der Waals surface area contributed by atoms with E-state index in [9.17, 15) is 18.0 Å². The molecule has 2 N–H and O–H groups in total. The minimum absolute atomic E-state index is 0.0110. The Morgan fingerprint density at radius 2 is 1.27 bits per heavy atom. The standard InChI is InChI=1S/C31H43F3N2O8/c32-31(33,34)25-4-3-5-26(24-25)36-29-7-2-1-6-28(29)30(37)44-23-21-42-19-17-40-15-13-38-12-14-39-16-18-41-20-22-43-27-8-10-35-11-9-27/h1-7,24,27,35-36H,8-23H2. The van der Waals surface area contributed by atoms with Crippen molar-refractivity contribution in [1.29, 1.82) is 0 Å². The molecule has 44 heavy (non-hydrogen) atoms. The number of carbonyl (C=O) groups is 1. The highest BCUT2D eigenvalue weighted by Gasteiger charge is 2.30. The van der Waals surface area contributed by atoms with E-state index < -0.39 is 17.7 Å². The van der Waals surface area contributed by atoms with Crippen molar-refractivity contribution in [1.82, 2.24) is 5.32 Å². The number of alkyl halides is 3. The predicted octanol–water partition coefficient (Wildman–Crippen LogP) is 4.46. The SMILES string of the molecule is O=C(OCCOCCOCCOCCOCCOCCOC1CCNCC1)c1ccccc1Nc1cccc(C(F)(F)F)c1. The van der Waals surface area contributed by atoms with E-state index in [1.807, 2.05) is 0 Å². The van der Waals surface area contributed by atoms with Crippen LogP contribution in [0.15, 0.2) is 48.5 Å². The summed E-state index contributed by atoms with van der Waals surface area (Å²) in [4.78, 5) is 12.5. The monoisotopic (exact) mass is 628 g/mol. The maximum absolute atomic E-state index is 13.0. The second-order valence-electron chi connectivity index (χ2n) is 9.77. The average molecular weight is 629 g/mol. The average Bonchev–Trinajstić information content (AvgIpc) is 3.02. The molecule has 1 aliphatic heterocycles. The van der Waals surface area contributed by atoms with Crippen molar-refractivity contribution >= 4 is 17.3 Å². The number of benzene rings is 2. The Balaban J connectivity index is 1.12. The largest absolute Gasteiger partial charge is 0.460 e. The molecule has 0 aliphatic carbocycles. The highest BCUT2D eigenvalue weighted by molar-refractivity contribution is 5.96. The molecule has 0 unspecified atom stereocenters. The predicted molar refractivity (Wildman–Crippen MR) is 157 cm³/mol. The fraction of sp³-hybridized carbons (Fsp3) is 0.581. The third-order valence-corrected chi connectivity index (χ3v) is 6.43. The summed E-state index contributed by atoms with van der Waals surface area (Å²) in [5, 5.41) is 6.17. The molecule has 0 atom stereocenters. The van der Waals surface area contributed by atoms with Crippen molar-refractivity contribution in [3.05, 3.63) is 59.7 Å². The molecule has 2 aromatic rings. The van der Waals surface area contributed by atoms with Crippen molar-refractivity contribution in [3.8, 4) is 0 Å². The molecule has 1 fully saturated rings. The van der Waals surface area contributed by atoms with Gasteiger partial charge in [-0.2, -0.15) is 13.2 Å². The lowest BCUT2D eigenvalue weighted by atomic mass is 10.1. The van der Waals surface area contributed by atoms with E-state index in [0.717, 1.165) is 38.1 Å². The fourth-order valence-electron chi connectivity index (χ4n) is 4.19. The van der Waals surface area contributed by atoms with E-state index >= 15 is 0 Å². The molecule has 10 nitrogen and oxygen atoms in total. The lowest BCUT2D eigenvalue weighted by Gasteiger charge is -2.22. The number of hydrogen-bond acceptors (Lipinski definition) is 10. The first-order chi connectivity index (χ1) is 21.4. The third-order valence-electron chi connectivity index (χ3n) is 6.43. The van der Waals surface area contributed by atoms with E-state index in [0.29, 0.717) is 77.9 Å². The van der Waals surface area contributed by atoms with Crippen LogP contribution >= 0.6 is 0 Å². The Morgan fingerprint density at radius 1 is 0.727 bits per heavy atom. The summed E-state index contributed by atoms with van der Waals surface area (Å²) in [5.41, 5.74) is -0.0607.